The van der Waals surface area contributed by atoms with Crippen LogP contribution in [0.3, 0.4) is 0 Å². The minimum atomic E-state index is -2.60. The lowest BCUT2D eigenvalue weighted by atomic mass is 10.0. The van der Waals surface area contributed by atoms with Gasteiger partial charge in [-0.15, -0.1) is 11.3 Å². The summed E-state index contributed by atoms with van der Waals surface area (Å²) >= 11 is 0.755. The number of hydrogen-bond acceptors (Lipinski definition) is 5. The van der Waals surface area contributed by atoms with Crippen molar-refractivity contribution in [3.63, 3.8) is 0 Å². The Hall–Kier alpha value is -2.70. The number of aliphatic hydroxyl groups is 1. The number of aliphatic hydroxyl groups excluding tert-OH is 1. The number of benzene rings is 2. The van der Waals surface area contributed by atoms with Crippen LogP contribution in [0.15, 0.2) is 53.8 Å². The molecule has 1 heterocycles. The first-order chi connectivity index (χ1) is 17.6. The molecular weight excluding hydrogens is 382 g/mol. The van der Waals surface area contributed by atoms with Gasteiger partial charge in [0, 0.05) is 16.5 Å². The molecule has 0 radical (unpaired) electrons. The summed E-state index contributed by atoms with van der Waals surface area (Å²) in [6, 6.07) is 4.68. The van der Waals surface area contributed by atoms with Crippen molar-refractivity contribution in [3.8, 4) is 0 Å². The van der Waals surface area contributed by atoms with E-state index in [4.69, 9.17) is 18.1 Å². The van der Waals surface area contributed by atoms with Gasteiger partial charge >= 0.3 is 0 Å². The molecule has 0 bridgehead atoms. The van der Waals surface area contributed by atoms with Crippen LogP contribution in [0.1, 0.15) is 60.1 Å². The summed E-state index contributed by atoms with van der Waals surface area (Å²) in [7, 11) is 0. The van der Waals surface area contributed by atoms with Gasteiger partial charge in [0.1, 0.15) is 0 Å². The Morgan fingerprint density at radius 3 is 2.66 bits per heavy atom. The Morgan fingerprint density at radius 1 is 1.28 bits per heavy atom. The SMILES string of the molecule is [2H]c1sc(N)nc1C([2H])([2H])C(=O)Nc1ccc(C([2H])([2H])CCC[C@H](O)c2c([2H])c([2H])c(C)c([2H])c2[2H])cc1. The minimum absolute atomic E-state index is 0.0101. The molecule has 0 aliphatic rings. The van der Waals surface area contributed by atoms with Crippen LogP contribution in [0.5, 0.6) is 0 Å². The second kappa shape index (κ2) is 10.2. The van der Waals surface area contributed by atoms with E-state index in [-0.39, 0.29) is 82.0 Å². The van der Waals surface area contributed by atoms with Crippen molar-refractivity contribution in [2.45, 2.75) is 45.0 Å². The molecule has 0 aliphatic heterocycles. The standard InChI is InChI=1S/C23H27N3O2S/c1-16-6-10-18(11-7-16)21(27)5-3-2-4-17-8-12-19(13-9-17)25-22(28)14-20-15-29-23(24)26-20/h6-13,15,21,27H,2-5,14H2,1H3,(H2,24,26)(H,25,28)/t21-/m0/s1/i4D2,6D,7D,10D,11D,14D2,15D. The van der Waals surface area contributed by atoms with Crippen LogP contribution in [0, 0.1) is 6.92 Å². The number of aromatic nitrogens is 1. The van der Waals surface area contributed by atoms with E-state index in [1.807, 2.05) is 0 Å². The van der Waals surface area contributed by atoms with Gasteiger partial charge in [-0.2, -0.15) is 0 Å². The molecule has 0 fully saturated rings. The van der Waals surface area contributed by atoms with E-state index in [2.05, 4.69) is 10.3 Å². The van der Waals surface area contributed by atoms with E-state index in [1.165, 1.54) is 31.2 Å². The maximum Gasteiger partial charge on any atom is 0.230 e. The fourth-order valence-electron chi connectivity index (χ4n) is 2.47. The molecule has 1 atom stereocenters. The summed E-state index contributed by atoms with van der Waals surface area (Å²) in [5.41, 5.74) is 5.71. The van der Waals surface area contributed by atoms with E-state index < -0.39 is 24.8 Å². The highest BCUT2D eigenvalue weighted by Gasteiger charge is 2.08. The number of thiazole rings is 1. The Kier molecular flexibility index (Phi) is 4.25. The van der Waals surface area contributed by atoms with Gasteiger partial charge in [0.2, 0.25) is 5.91 Å². The normalized spacial score (nSPS) is 17.4. The first-order valence-electron chi connectivity index (χ1n) is 13.5. The number of carbonyl (C=O) groups excluding carboxylic acids is 1. The molecule has 3 aromatic rings. The number of nitrogens with one attached hydrogen (secondary N) is 1. The van der Waals surface area contributed by atoms with E-state index in [0.717, 1.165) is 11.3 Å². The molecule has 1 aromatic heterocycles. The Balaban J connectivity index is 1.64. The monoisotopic (exact) mass is 418 g/mol. The van der Waals surface area contributed by atoms with Crippen molar-refractivity contribution in [1.82, 2.24) is 4.98 Å². The lowest BCUT2D eigenvalue weighted by Crippen LogP contribution is -2.14. The Morgan fingerprint density at radius 2 is 2.00 bits per heavy atom. The summed E-state index contributed by atoms with van der Waals surface area (Å²) in [6.45, 7) is 1.48. The quantitative estimate of drug-likeness (QED) is 0.471. The average molecular weight is 419 g/mol. The molecular formula is C23H27N3O2S. The van der Waals surface area contributed by atoms with Gasteiger partial charge in [0.05, 0.1) is 25.0 Å². The van der Waals surface area contributed by atoms with Gasteiger partial charge in [-0.3, -0.25) is 4.79 Å². The average Bonchev–Trinajstić information content (AvgIpc) is 3.20. The maximum atomic E-state index is 12.5. The van der Waals surface area contributed by atoms with Crippen LogP contribution in [-0.2, 0) is 17.5 Å². The van der Waals surface area contributed by atoms with Gasteiger partial charge in [-0.1, -0.05) is 48.3 Å². The third-order valence-electron chi connectivity index (χ3n) is 3.93. The summed E-state index contributed by atoms with van der Waals surface area (Å²) in [6.07, 6.45) is -5.50. The summed E-state index contributed by atoms with van der Waals surface area (Å²) in [5.74, 6) is -1.05. The van der Waals surface area contributed by atoms with E-state index >= 15 is 0 Å². The van der Waals surface area contributed by atoms with E-state index in [0.29, 0.717) is 0 Å². The fourth-order valence-corrected chi connectivity index (χ4v) is 2.91. The zero-order valence-corrected chi connectivity index (χ0v) is 16.6. The van der Waals surface area contributed by atoms with Crippen molar-refractivity contribution < 1.29 is 22.2 Å². The maximum absolute atomic E-state index is 12.5. The molecule has 0 unspecified atom stereocenters. The second-order valence-electron chi connectivity index (χ2n) is 6.28. The number of anilines is 2. The summed E-state index contributed by atoms with van der Waals surface area (Å²) in [5, 5.41) is 12.7. The molecule has 152 valence electrons. The molecule has 6 heteroatoms. The number of aryl methyl sites for hydroxylation is 1. The Bertz CT molecular complexity index is 1320. The van der Waals surface area contributed by atoms with Crippen LogP contribution in [-0.4, -0.2) is 16.0 Å². The van der Waals surface area contributed by atoms with Gasteiger partial charge in [-0.25, -0.2) is 4.98 Å². The second-order valence-corrected chi connectivity index (χ2v) is 7.11. The summed E-state index contributed by atoms with van der Waals surface area (Å²) in [4.78, 5) is 16.3. The van der Waals surface area contributed by atoms with Crippen LogP contribution in [0.25, 0.3) is 0 Å². The highest BCUT2D eigenvalue weighted by Crippen LogP contribution is 2.21. The third-order valence-corrected chi connectivity index (χ3v) is 4.53. The molecule has 0 saturated heterocycles. The van der Waals surface area contributed by atoms with Crippen LogP contribution >= 0.6 is 11.3 Å². The van der Waals surface area contributed by atoms with Gasteiger partial charge < -0.3 is 16.2 Å². The predicted molar refractivity (Wildman–Crippen MR) is 119 cm³/mol. The number of rotatable bonds is 9. The zero-order valence-electron chi connectivity index (χ0n) is 24.8. The minimum Gasteiger partial charge on any atom is -0.388 e. The third kappa shape index (κ3) is 6.69. The molecule has 3 rings (SSSR count). The molecule has 0 spiro atoms. The zero-order chi connectivity index (χ0) is 28.6. The van der Waals surface area contributed by atoms with Gasteiger partial charge in [0.15, 0.2) is 5.13 Å². The number of amides is 1. The molecule has 4 N–H and O–H groups in total. The lowest BCUT2D eigenvalue weighted by Gasteiger charge is -2.11. The number of carbonyl (C=O) groups is 1. The first kappa shape index (κ1) is 12.1. The van der Waals surface area contributed by atoms with Crippen LogP contribution in [0.2, 0.25) is 0 Å². The lowest BCUT2D eigenvalue weighted by molar-refractivity contribution is -0.115. The number of hydrogen-bond donors (Lipinski definition) is 3. The summed E-state index contributed by atoms with van der Waals surface area (Å²) < 4.78 is 72.7. The molecule has 29 heavy (non-hydrogen) atoms. The highest BCUT2D eigenvalue weighted by molar-refractivity contribution is 7.13. The molecule has 2 aromatic carbocycles. The smallest absolute Gasteiger partial charge is 0.230 e. The molecule has 1 amide bonds. The number of nitrogen functional groups attached to an aromatic ring is 1. The van der Waals surface area contributed by atoms with Crippen molar-refractivity contribution in [1.29, 1.82) is 0 Å². The van der Waals surface area contributed by atoms with Crippen LogP contribution in [0.4, 0.5) is 10.8 Å². The van der Waals surface area contributed by atoms with Crippen molar-refractivity contribution in [2.24, 2.45) is 0 Å². The predicted octanol–water partition coefficient (Wildman–Crippen LogP) is 4.66. The highest BCUT2D eigenvalue weighted by atomic mass is 32.1. The molecule has 0 saturated carbocycles. The largest absolute Gasteiger partial charge is 0.388 e. The Labute approximate surface area is 188 Å². The van der Waals surface area contributed by atoms with Crippen molar-refractivity contribution in [3.05, 3.63) is 76.2 Å². The number of nitrogens with two attached hydrogens (primary N) is 1. The van der Waals surface area contributed by atoms with Gasteiger partial charge in [0.25, 0.3) is 0 Å². The fraction of sp³-hybridized carbons (Fsp3) is 0.304. The molecule has 5 nitrogen and oxygen atoms in total. The van der Waals surface area contributed by atoms with Gasteiger partial charge in [-0.05, 0) is 49.4 Å². The first-order valence-corrected chi connectivity index (χ1v) is 9.79. The van der Waals surface area contributed by atoms with E-state index in [1.54, 1.807) is 0 Å². The van der Waals surface area contributed by atoms with Crippen LogP contribution < -0.4 is 11.1 Å². The van der Waals surface area contributed by atoms with Crippen molar-refractivity contribution in [2.75, 3.05) is 11.1 Å². The number of nitrogens with zero attached hydrogens (tertiary/aromatic N) is 1. The van der Waals surface area contributed by atoms with E-state index in [9.17, 15) is 9.90 Å². The topological polar surface area (TPSA) is 88.2 Å². The van der Waals surface area contributed by atoms with Crippen molar-refractivity contribution >= 4 is 28.1 Å². The molecule has 0 aliphatic carbocycles.